The second-order valence-corrected chi connectivity index (χ2v) is 4.22. The summed E-state index contributed by atoms with van der Waals surface area (Å²) in [6, 6.07) is 2.91. The van der Waals surface area contributed by atoms with E-state index < -0.39 is 17.9 Å². The number of ketones is 1. The second-order valence-electron chi connectivity index (χ2n) is 4.22. The van der Waals surface area contributed by atoms with Crippen molar-refractivity contribution in [2.24, 2.45) is 0 Å². The summed E-state index contributed by atoms with van der Waals surface area (Å²) in [6.07, 6.45) is -4.24. The number of carbonyl (C=O) groups is 1. The van der Waals surface area contributed by atoms with Crippen LogP contribution < -0.4 is 9.64 Å². The van der Waals surface area contributed by atoms with E-state index in [2.05, 4.69) is 4.74 Å². The number of anilines is 1. The van der Waals surface area contributed by atoms with Crippen molar-refractivity contribution in [2.75, 3.05) is 18.0 Å². The molecule has 104 valence electrons. The van der Waals surface area contributed by atoms with Crippen molar-refractivity contribution in [3.05, 3.63) is 24.0 Å². The molecule has 0 aromatic heterocycles. The first-order chi connectivity index (χ1) is 8.83. The Morgan fingerprint density at radius 1 is 1.11 bits per heavy atom. The molecule has 0 radical (unpaired) electrons. The Kier molecular flexibility index (Phi) is 3.64. The van der Waals surface area contributed by atoms with E-state index in [1.807, 2.05) is 0 Å². The highest BCUT2D eigenvalue weighted by Crippen LogP contribution is 2.29. The summed E-state index contributed by atoms with van der Waals surface area (Å²) >= 11 is 0. The molecule has 1 fully saturated rings. The maximum Gasteiger partial charge on any atom is 0.573 e. The van der Waals surface area contributed by atoms with Gasteiger partial charge in [-0.05, 0) is 6.07 Å². The molecule has 1 aromatic rings. The lowest BCUT2D eigenvalue weighted by Crippen LogP contribution is -2.33. The molecule has 1 saturated heterocycles. The molecule has 1 aliphatic rings. The van der Waals surface area contributed by atoms with Crippen LogP contribution in [-0.2, 0) is 4.79 Å². The average Bonchev–Trinajstić information content (AvgIpc) is 2.26. The minimum Gasteiger partial charge on any atom is -0.406 e. The second kappa shape index (κ2) is 5.07. The maximum absolute atomic E-state index is 13.3. The Morgan fingerprint density at radius 2 is 1.74 bits per heavy atom. The molecule has 1 heterocycles. The summed E-state index contributed by atoms with van der Waals surface area (Å²) in [5.74, 6) is -1.31. The summed E-state index contributed by atoms with van der Waals surface area (Å²) in [7, 11) is 0. The van der Waals surface area contributed by atoms with Crippen molar-refractivity contribution < 1.29 is 27.1 Å². The molecule has 2 rings (SSSR count). The van der Waals surface area contributed by atoms with Crippen molar-refractivity contribution in [3.8, 4) is 5.75 Å². The van der Waals surface area contributed by atoms with Gasteiger partial charge >= 0.3 is 6.36 Å². The molecule has 1 aromatic carbocycles. The van der Waals surface area contributed by atoms with Gasteiger partial charge in [-0.15, -0.1) is 13.2 Å². The van der Waals surface area contributed by atoms with Crippen LogP contribution in [0.1, 0.15) is 12.8 Å². The highest BCUT2D eigenvalue weighted by Gasteiger charge is 2.31. The number of hydrogen-bond donors (Lipinski definition) is 0. The van der Waals surface area contributed by atoms with Gasteiger partial charge in [0.2, 0.25) is 0 Å². The van der Waals surface area contributed by atoms with Gasteiger partial charge in [0.25, 0.3) is 0 Å². The largest absolute Gasteiger partial charge is 0.573 e. The Bertz CT molecular complexity index is 477. The zero-order chi connectivity index (χ0) is 14.0. The first kappa shape index (κ1) is 13.6. The van der Waals surface area contributed by atoms with Gasteiger partial charge in [0.1, 0.15) is 17.3 Å². The SMILES string of the molecule is O=C1CCN(c2cc(F)cc(OC(F)(F)F)c2)CC1. The monoisotopic (exact) mass is 277 g/mol. The Morgan fingerprint density at radius 3 is 2.32 bits per heavy atom. The first-order valence-electron chi connectivity index (χ1n) is 5.66. The molecule has 0 bridgehead atoms. The van der Waals surface area contributed by atoms with E-state index >= 15 is 0 Å². The minimum atomic E-state index is -4.86. The van der Waals surface area contributed by atoms with E-state index in [9.17, 15) is 22.4 Å². The van der Waals surface area contributed by atoms with E-state index in [0.717, 1.165) is 12.1 Å². The van der Waals surface area contributed by atoms with E-state index in [-0.39, 0.29) is 11.5 Å². The smallest absolute Gasteiger partial charge is 0.406 e. The quantitative estimate of drug-likeness (QED) is 0.778. The van der Waals surface area contributed by atoms with Crippen molar-refractivity contribution in [1.82, 2.24) is 0 Å². The summed E-state index contributed by atoms with van der Waals surface area (Å²) in [6.45, 7) is 0.738. The van der Waals surface area contributed by atoms with Crippen molar-refractivity contribution in [2.45, 2.75) is 19.2 Å². The molecule has 0 aliphatic carbocycles. The Hall–Kier alpha value is -1.79. The van der Waals surface area contributed by atoms with Gasteiger partial charge in [-0.3, -0.25) is 4.79 Å². The Balaban J connectivity index is 2.19. The van der Waals surface area contributed by atoms with Gasteiger partial charge in [0.05, 0.1) is 0 Å². The zero-order valence-corrected chi connectivity index (χ0v) is 9.84. The number of halogens is 4. The molecule has 1 aliphatic heterocycles. The molecule has 3 nitrogen and oxygen atoms in total. The molecule has 0 N–H and O–H groups in total. The van der Waals surface area contributed by atoms with Gasteiger partial charge in [-0.2, -0.15) is 0 Å². The number of alkyl halides is 3. The van der Waals surface area contributed by atoms with Gasteiger partial charge in [0.15, 0.2) is 0 Å². The number of carbonyl (C=O) groups excluding carboxylic acids is 1. The fourth-order valence-electron chi connectivity index (χ4n) is 1.94. The van der Waals surface area contributed by atoms with E-state index in [0.29, 0.717) is 32.0 Å². The molecule has 0 amide bonds. The lowest BCUT2D eigenvalue weighted by Gasteiger charge is -2.28. The summed E-state index contributed by atoms with van der Waals surface area (Å²) in [4.78, 5) is 12.7. The number of piperidine rings is 1. The standard InChI is InChI=1S/C12H11F4NO2/c13-8-5-9(17-3-1-10(18)2-4-17)7-11(6-8)19-12(14,15)16/h5-7H,1-4H2. The number of Topliss-reactive ketones (excluding diaryl/α,β-unsaturated/α-hetero) is 1. The highest BCUT2D eigenvalue weighted by atomic mass is 19.4. The highest BCUT2D eigenvalue weighted by molar-refractivity contribution is 5.81. The van der Waals surface area contributed by atoms with Crippen LogP contribution in [0.4, 0.5) is 23.2 Å². The van der Waals surface area contributed by atoms with Gasteiger partial charge in [-0.25, -0.2) is 4.39 Å². The summed E-state index contributed by atoms with van der Waals surface area (Å²) < 4.78 is 53.3. The van der Waals surface area contributed by atoms with E-state index in [1.54, 1.807) is 4.90 Å². The lowest BCUT2D eigenvalue weighted by atomic mass is 10.1. The zero-order valence-electron chi connectivity index (χ0n) is 9.84. The van der Waals surface area contributed by atoms with Crippen LogP contribution in [-0.4, -0.2) is 25.2 Å². The van der Waals surface area contributed by atoms with Crippen molar-refractivity contribution in [1.29, 1.82) is 0 Å². The molecular formula is C12H11F4NO2. The molecular weight excluding hydrogens is 266 g/mol. The summed E-state index contributed by atoms with van der Waals surface area (Å²) in [5, 5.41) is 0. The number of hydrogen-bond acceptors (Lipinski definition) is 3. The topological polar surface area (TPSA) is 29.5 Å². The van der Waals surface area contributed by atoms with Crippen LogP contribution >= 0.6 is 0 Å². The third kappa shape index (κ3) is 3.84. The number of benzene rings is 1. The molecule has 0 spiro atoms. The predicted octanol–water partition coefficient (Wildman–Crippen LogP) is 2.89. The van der Waals surface area contributed by atoms with E-state index in [4.69, 9.17) is 0 Å². The lowest BCUT2D eigenvalue weighted by molar-refractivity contribution is -0.274. The van der Waals surface area contributed by atoms with Crippen LogP contribution in [0.15, 0.2) is 18.2 Å². The minimum absolute atomic E-state index is 0.0967. The molecule has 19 heavy (non-hydrogen) atoms. The summed E-state index contributed by atoms with van der Waals surface area (Å²) in [5.41, 5.74) is 0.284. The third-order valence-corrected chi connectivity index (χ3v) is 2.78. The van der Waals surface area contributed by atoms with Crippen molar-refractivity contribution in [3.63, 3.8) is 0 Å². The van der Waals surface area contributed by atoms with Crippen LogP contribution in [0, 0.1) is 5.82 Å². The van der Waals surface area contributed by atoms with Crippen LogP contribution in [0.3, 0.4) is 0 Å². The molecule has 0 saturated carbocycles. The van der Waals surface area contributed by atoms with E-state index in [1.165, 1.54) is 0 Å². The Labute approximate surface area is 106 Å². The normalized spacial score (nSPS) is 16.6. The molecule has 0 unspecified atom stereocenters. The van der Waals surface area contributed by atoms with Crippen molar-refractivity contribution >= 4 is 11.5 Å². The molecule has 7 heteroatoms. The van der Waals surface area contributed by atoms with Crippen LogP contribution in [0.2, 0.25) is 0 Å². The fraction of sp³-hybridized carbons (Fsp3) is 0.417. The molecule has 0 atom stereocenters. The fourth-order valence-corrected chi connectivity index (χ4v) is 1.94. The number of rotatable bonds is 2. The van der Waals surface area contributed by atoms with Gasteiger partial charge in [-0.1, -0.05) is 0 Å². The number of ether oxygens (including phenoxy) is 1. The third-order valence-electron chi connectivity index (χ3n) is 2.78. The van der Waals surface area contributed by atoms with Crippen LogP contribution in [0.25, 0.3) is 0 Å². The van der Waals surface area contributed by atoms with Gasteiger partial charge < -0.3 is 9.64 Å². The van der Waals surface area contributed by atoms with Crippen LogP contribution in [0.5, 0.6) is 5.75 Å². The number of nitrogens with zero attached hydrogens (tertiary/aromatic N) is 1. The average molecular weight is 277 g/mol. The maximum atomic E-state index is 13.3. The first-order valence-corrected chi connectivity index (χ1v) is 5.66. The predicted molar refractivity (Wildman–Crippen MR) is 59.5 cm³/mol. The van der Waals surface area contributed by atoms with Gasteiger partial charge in [0, 0.05) is 43.8 Å².